The first-order chi connectivity index (χ1) is 9.61. The van der Waals surface area contributed by atoms with Gasteiger partial charge in [-0.15, -0.1) is 0 Å². The van der Waals surface area contributed by atoms with E-state index in [1.165, 1.54) is 12.1 Å². The summed E-state index contributed by atoms with van der Waals surface area (Å²) in [5.74, 6) is -1.88. The van der Waals surface area contributed by atoms with E-state index in [0.717, 1.165) is 11.8 Å². The van der Waals surface area contributed by atoms with Crippen molar-refractivity contribution in [3.63, 3.8) is 0 Å². The second kappa shape index (κ2) is 6.14. The zero-order chi connectivity index (χ0) is 14.5. The van der Waals surface area contributed by atoms with E-state index in [1.807, 2.05) is 0 Å². The van der Waals surface area contributed by atoms with E-state index in [1.54, 1.807) is 31.3 Å². The number of rotatable bonds is 4. The van der Waals surface area contributed by atoms with Gasteiger partial charge >= 0.3 is 0 Å². The topological polar surface area (TPSA) is 41.1 Å². The molecule has 20 heavy (non-hydrogen) atoms. The van der Waals surface area contributed by atoms with Crippen molar-refractivity contribution in [3.8, 4) is 0 Å². The van der Waals surface area contributed by atoms with Crippen LogP contribution in [0, 0.1) is 11.6 Å². The van der Waals surface area contributed by atoms with Gasteiger partial charge in [0, 0.05) is 30.4 Å². The number of amides is 1. The van der Waals surface area contributed by atoms with Crippen LogP contribution in [-0.2, 0) is 6.54 Å². The van der Waals surface area contributed by atoms with Crippen molar-refractivity contribution < 1.29 is 13.6 Å². The lowest BCUT2D eigenvalue weighted by molar-refractivity contribution is 0.0963. The molecular weight excluding hydrogens is 262 g/mol. The number of benzene rings is 2. The summed E-state index contributed by atoms with van der Waals surface area (Å²) in [5.41, 5.74) is 1.51. The van der Waals surface area contributed by atoms with Crippen molar-refractivity contribution in [2.24, 2.45) is 0 Å². The van der Waals surface area contributed by atoms with Gasteiger partial charge in [0.2, 0.25) is 0 Å². The number of carbonyl (C=O) groups excluding carboxylic acids is 1. The van der Waals surface area contributed by atoms with Crippen LogP contribution in [0.15, 0.2) is 42.5 Å². The van der Waals surface area contributed by atoms with Crippen LogP contribution >= 0.6 is 0 Å². The Hall–Kier alpha value is -2.43. The molecule has 0 saturated carbocycles. The van der Waals surface area contributed by atoms with Gasteiger partial charge in [0.25, 0.3) is 5.91 Å². The van der Waals surface area contributed by atoms with Crippen LogP contribution in [-0.4, -0.2) is 13.0 Å². The molecule has 2 aromatic carbocycles. The quantitative estimate of drug-likeness (QED) is 0.901. The van der Waals surface area contributed by atoms with Gasteiger partial charge in [-0.2, -0.15) is 0 Å². The summed E-state index contributed by atoms with van der Waals surface area (Å²) in [5, 5.41) is 5.50. The van der Waals surface area contributed by atoms with Crippen molar-refractivity contribution in [2.45, 2.75) is 6.54 Å². The number of hydrogen-bond acceptors (Lipinski definition) is 2. The van der Waals surface area contributed by atoms with E-state index in [-0.39, 0.29) is 18.0 Å². The smallest absolute Gasteiger partial charge is 0.251 e. The highest BCUT2D eigenvalue weighted by Gasteiger charge is 2.07. The number of hydrogen-bond donors (Lipinski definition) is 2. The minimum atomic E-state index is -0.862. The Morgan fingerprint density at radius 2 is 1.80 bits per heavy atom. The maximum Gasteiger partial charge on any atom is 0.251 e. The third kappa shape index (κ3) is 3.12. The Morgan fingerprint density at radius 1 is 1.10 bits per heavy atom. The summed E-state index contributed by atoms with van der Waals surface area (Å²) in [6.07, 6.45) is 0. The maximum atomic E-state index is 13.5. The van der Waals surface area contributed by atoms with E-state index in [2.05, 4.69) is 10.6 Å². The predicted molar refractivity (Wildman–Crippen MR) is 73.5 cm³/mol. The van der Waals surface area contributed by atoms with Gasteiger partial charge in [0.1, 0.15) is 0 Å². The van der Waals surface area contributed by atoms with Crippen LogP contribution in [0.25, 0.3) is 0 Å². The minimum Gasteiger partial charge on any atom is -0.381 e. The SMILES string of the molecule is CNC(=O)c1ccc(NCc2cccc(F)c2F)cc1. The summed E-state index contributed by atoms with van der Waals surface area (Å²) >= 11 is 0. The molecule has 2 rings (SSSR count). The monoisotopic (exact) mass is 276 g/mol. The molecule has 0 aliphatic carbocycles. The lowest BCUT2D eigenvalue weighted by Gasteiger charge is -2.08. The molecule has 3 nitrogen and oxygen atoms in total. The molecule has 0 aliphatic rings. The van der Waals surface area contributed by atoms with Crippen molar-refractivity contribution in [2.75, 3.05) is 12.4 Å². The molecule has 0 aromatic heterocycles. The Bertz CT molecular complexity index is 612. The van der Waals surface area contributed by atoms with E-state index in [4.69, 9.17) is 0 Å². The lowest BCUT2D eigenvalue weighted by Crippen LogP contribution is -2.17. The second-order valence-corrected chi connectivity index (χ2v) is 4.22. The molecule has 0 radical (unpaired) electrons. The Kier molecular flexibility index (Phi) is 4.30. The molecular formula is C15H14F2N2O. The number of nitrogens with one attached hydrogen (secondary N) is 2. The molecule has 104 valence electrons. The van der Waals surface area contributed by atoms with Crippen LogP contribution in [0.2, 0.25) is 0 Å². The fourth-order valence-corrected chi connectivity index (χ4v) is 1.77. The summed E-state index contributed by atoms with van der Waals surface area (Å²) in [6, 6.07) is 10.8. The molecule has 0 unspecified atom stereocenters. The van der Waals surface area contributed by atoms with Crippen LogP contribution in [0.3, 0.4) is 0 Å². The fourth-order valence-electron chi connectivity index (χ4n) is 1.77. The van der Waals surface area contributed by atoms with Crippen molar-refractivity contribution in [3.05, 3.63) is 65.2 Å². The van der Waals surface area contributed by atoms with Crippen LogP contribution in [0.5, 0.6) is 0 Å². The van der Waals surface area contributed by atoms with Gasteiger partial charge < -0.3 is 10.6 Å². The fraction of sp³-hybridized carbons (Fsp3) is 0.133. The molecule has 2 N–H and O–H groups in total. The molecule has 0 heterocycles. The van der Waals surface area contributed by atoms with Crippen LogP contribution < -0.4 is 10.6 Å². The van der Waals surface area contributed by atoms with Crippen LogP contribution in [0.4, 0.5) is 14.5 Å². The van der Waals surface area contributed by atoms with E-state index < -0.39 is 11.6 Å². The molecule has 2 aromatic rings. The van der Waals surface area contributed by atoms with E-state index in [9.17, 15) is 13.6 Å². The first-order valence-corrected chi connectivity index (χ1v) is 6.10. The standard InChI is InChI=1S/C15H14F2N2O/c1-18-15(20)10-5-7-12(8-6-10)19-9-11-3-2-4-13(16)14(11)17/h2-8,19H,9H2,1H3,(H,18,20). The average molecular weight is 276 g/mol. The van der Waals surface area contributed by atoms with Gasteiger partial charge in [-0.05, 0) is 30.3 Å². The summed E-state index contributed by atoms with van der Waals surface area (Å²) in [4.78, 5) is 11.4. The highest BCUT2D eigenvalue weighted by Crippen LogP contribution is 2.15. The van der Waals surface area contributed by atoms with Crippen molar-refractivity contribution in [1.82, 2.24) is 5.32 Å². The molecule has 1 amide bonds. The number of anilines is 1. The first kappa shape index (κ1) is 14.0. The number of halogens is 2. The Morgan fingerprint density at radius 3 is 2.45 bits per heavy atom. The molecule has 0 atom stereocenters. The highest BCUT2D eigenvalue weighted by molar-refractivity contribution is 5.94. The molecule has 0 aliphatic heterocycles. The molecule has 5 heteroatoms. The molecule has 0 bridgehead atoms. The Labute approximate surface area is 115 Å². The van der Waals surface area contributed by atoms with E-state index >= 15 is 0 Å². The summed E-state index contributed by atoms with van der Waals surface area (Å²) in [6.45, 7) is 0.170. The molecule has 0 spiro atoms. The lowest BCUT2D eigenvalue weighted by atomic mass is 10.1. The predicted octanol–water partition coefficient (Wildman–Crippen LogP) is 2.94. The second-order valence-electron chi connectivity index (χ2n) is 4.22. The number of carbonyl (C=O) groups is 1. The van der Waals surface area contributed by atoms with Crippen molar-refractivity contribution in [1.29, 1.82) is 0 Å². The van der Waals surface area contributed by atoms with Gasteiger partial charge in [0.15, 0.2) is 11.6 Å². The highest BCUT2D eigenvalue weighted by atomic mass is 19.2. The zero-order valence-electron chi connectivity index (χ0n) is 10.9. The van der Waals surface area contributed by atoms with Crippen molar-refractivity contribution >= 4 is 11.6 Å². The third-order valence-electron chi connectivity index (χ3n) is 2.89. The summed E-state index contributed by atoms with van der Waals surface area (Å²) < 4.78 is 26.5. The van der Waals surface area contributed by atoms with Gasteiger partial charge in [-0.1, -0.05) is 12.1 Å². The minimum absolute atomic E-state index is 0.170. The maximum absolute atomic E-state index is 13.5. The normalized spacial score (nSPS) is 10.2. The Balaban J connectivity index is 2.04. The van der Waals surface area contributed by atoms with Gasteiger partial charge in [-0.25, -0.2) is 8.78 Å². The van der Waals surface area contributed by atoms with Gasteiger partial charge in [0.05, 0.1) is 0 Å². The molecule has 0 saturated heterocycles. The van der Waals surface area contributed by atoms with Gasteiger partial charge in [-0.3, -0.25) is 4.79 Å². The summed E-state index contributed by atoms with van der Waals surface area (Å²) in [7, 11) is 1.56. The average Bonchev–Trinajstić information content (AvgIpc) is 2.48. The third-order valence-corrected chi connectivity index (χ3v) is 2.89. The molecule has 0 fully saturated rings. The zero-order valence-corrected chi connectivity index (χ0v) is 10.9. The largest absolute Gasteiger partial charge is 0.381 e. The van der Waals surface area contributed by atoms with E-state index in [0.29, 0.717) is 5.56 Å². The first-order valence-electron chi connectivity index (χ1n) is 6.10. The van der Waals surface area contributed by atoms with Crippen LogP contribution in [0.1, 0.15) is 15.9 Å².